The van der Waals surface area contributed by atoms with Gasteiger partial charge in [-0.05, 0) is 49.3 Å². The topological polar surface area (TPSA) is 51.7 Å². The quantitative estimate of drug-likeness (QED) is 0.486. The average Bonchev–Trinajstić information content (AvgIpc) is 3.29. The molecule has 2 fully saturated rings. The second-order valence-electron chi connectivity index (χ2n) is 8.66. The van der Waals surface area contributed by atoms with Crippen molar-refractivity contribution in [1.29, 1.82) is 0 Å². The first-order chi connectivity index (χ1) is 15.0. The Morgan fingerprint density at radius 2 is 2.13 bits per heavy atom. The van der Waals surface area contributed by atoms with Crippen molar-refractivity contribution in [3.05, 3.63) is 70.8 Å². The van der Waals surface area contributed by atoms with Crippen molar-refractivity contribution < 1.29 is 9.53 Å². The lowest BCUT2D eigenvalue weighted by Gasteiger charge is -2.36. The molecule has 1 saturated carbocycles. The van der Waals surface area contributed by atoms with Crippen LogP contribution in [0.5, 0.6) is 0 Å². The molecule has 158 valence electrons. The summed E-state index contributed by atoms with van der Waals surface area (Å²) in [5.74, 6) is 0.367. The van der Waals surface area contributed by atoms with Gasteiger partial charge >= 0.3 is 6.09 Å². The van der Waals surface area contributed by atoms with Crippen molar-refractivity contribution in [3.63, 3.8) is 0 Å². The maximum absolute atomic E-state index is 12.6. The van der Waals surface area contributed by atoms with E-state index in [0.717, 1.165) is 48.8 Å². The number of fused-ring (bicyclic) bond motifs is 1. The lowest BCUT2D eigenvalue weighted by Crippen LogP contribution is -2.40. The Morgan fingerprint density at radius 1 is 1.29 bits per heavy atom. The van der Waals surface area contributed by atoms with Crippen LogP contribution in [0, 0.1) is 12.5 Å². The van der Waals surface area contributed by atoms with Gasteiger partial charge in [-0.3, -0.25) is 4.90 Å². The van der Waals surface area contributed by atoms with Crippen LogP contribution in [-0.4, -0.2) is 32.7 Å². The molecular formula is C24H23ClN4O2. The van der Waals surface area contributed by atoms with E-state index < -0.39 is 5.60 Å². The Hall–Kier alpha value is -3.04. The monoisotopic (exact) mass is 434 g/mol. The molecule has 1 saturated heterocycles. The summed E-state index contributed by atoms with van der Waals surface area (Å²) in [6.45, 7) is 9.29. The first-order valence-electron chi connectivity index (χ1n) is 10.6. The number of hydrogen-bond donors (Lipinski definition) is 0. The second kappa shape index (κ2) is 7.90. The fourth-order valence-corrected chi connectivity index (χ4v) is 5.31. The van der Waals surface area contributed by atoms with Gasteiger partial charge in [-0.25, -0.2) is 14.6 Å². The van der Waals surface area contributed by atoms with Crippen LogP contribution >= 0.6 is 11.6 Å². The Kier molecular flexibility index (Phi) is 5.07. The first-order valence-corrected chi connectivity index (χ1v) is 11.0. The summed E-state index contributed by atoms with van der Waals surface area (Å²) in [4.78, 5) is 22.4. The van der Waals surface area contributed by atoms with Gasteiger partial charge in [-0.1, -0.05) is 41.9 Å². The maximum atomic E-state index is 12.6. The van der Waals surface area contributed by atoms with Crippen molar-refractivity contribution >= 4 is 34.4 Å². The third kappa shape index (κ3) is 3.86. The van der Waals surface area contributed by atoms with Gasteiger partial charge in [-0.15, -0.1) is 0 Å². The summed E-state index contributed by atoms with van der Waals surface area (Å²) in [5, 5.41) is 0.503. The fourth-order valence-electron chi connectivity index (χ4n) is 5.05. The summed E-state index contributed by atoms with van der Waals surface area (Å²) in [7, 11) is 0. The zero-order valence-electron chi connectivity index (χ0n) is 17.1. The van der Waals surface area contributed by atoms with E-state index >= 15 is 0 Å². The molecule has 0 bridgehead atoms. The standard InChI is InChI=1S/C24H23ClN4O2/c1-26-19-10-20(25)22-21(11-19)29(16-27-22)14-18-8-5-9-24(12-18)15-28(23(30)31-24)13-17-6-3-2-4-7-17/h2-4,6-7,10-11,16,18H,5,8-9,12-15H2/t18-,24-/m0/s1. The molecule has 5 rings (SSSR count). The Labute approximate surface area is 186 Å². The van der Waals surface area contributed by atoms with Crippen LogP contribution < -0.4 is 0 Å². The van der Waals surface area contributed by atoms with E-state index in [9.17, 15) is 4.79 Å². The summed E-state index contributed by atoms with van der Waals surface area (Å²) in [6.07, 6.45) is 5.42. The molecule has 2 aromatic carbocycles. The van der Waals surface area contributed by atoms with Gasteiger partial charge in [-0.2, -0.15) is 0 Å². The molecule has 6 nitrogen and oxygen atoms in total. The van der Waals surface area contributed by atoms with Gasteiger partial charge in [0.1, 0.15) is 11.1 Å². The minimum Gasteiger partial charge on any atom is -0.441 e. The van der Waals surface area contributed by atoms with Crippen LogP contribution in [0.4, 0.5) is 10.5 Å². The molecule has 2 heterocycles. The zero-order valence-corrected chi connectivity index (χ0v) is 17.9. The van der Waals surface area contributed by atoms with Crippen LogP contribution in [-0.2, 0) is 17.8 Å². The molecule has 1 aliphatic carbocycles. The van der Waals surface area contributed by atoms with Gasteiger partial charge in [0.2, 0.25) is 0 Å². The molecule has 7 heteroatoms. The number of aromatic nitrogens is 2. The minimum atomic E-state index is -0.412. The molecule has 1 spiro atoms. The highest BCUT2D eigenvalue weighted by Crippen LogP contribution is 2.41. The fraction of sp³-hybridized carbons (Fsp3) is 0.375. The van der Waals surface area contributed by atoms with Crippen molar-refractivity contribution in [2.45, 2.75) is 44.4 Å². The number of halogens is 1. The molecule has 31 heavy (non-hydrogen) atoms. The highest BCUT2D eigenvalue weighted by atomic mass is 35.5. The van der Waals surface area contributed by atoms with Gasteiger partial charge in [0.15, 0.2) is 5.69 Å². The van der Waals surface area contributed by atoms with Crippen molar-refractivity contribution in [1.82, 2.24) is 14.5 Å². The Morgan fingerprint density at radius 3 is 2.94 bits per heavy atom. The highest BCUT2D eigenvalue weighted by molar-refractivity contribution is 6.35. The summed E-state index contributed by atoms with van der Waals surface area (Å²) in [5.41, 5.74) is 2.82. The van der Waals surface area contributed by atoms with Gasteiger partial charge in [0, 0.05) is 13.1 Å². The van der Waals surface area contributed by atoms with Crippen molar-refractivity contribution in [2.75, 3.05) is 6.54 Å². The molecule has 1 aromatic heterocycles. The molecule has 1 amide bonds. The number of imidazole rings is 1. The number of amides is 1. The molecule has 2 aliphatic rings. The molecule has 3 aromatic rings. The molecule has 0 unspecified atom stereocenters. The van der Waals surface area contributed by atoms with E-state index in [0.29, 0.717) is 29.7 Å². The molecule has 2 atom stereocenters. The predicted molar refractivity (Wildman–Crippen MR) is 119 cm³/mol. The zero-order chi connectivity index (χ0) is 21.4. The second-order valence-corrected chi connectivity index (χ2v) is 9.07. The van der Waals surface area contributed by atoms with E-state index in [-0.39, 0.29) is 6.09 Å². The minimum absolute atomic E-state index is 0.217. The maximum Gasteiger partial charge on any atom is 0.410 e. The van der Waals surface area contributed by atoms with E-state index in [2.05, 4.69) is 14.4 Å². The van der Waals surface area contributed by atoms with E-state index in [1.165, 1.54) is 0 Å². The first kappa shape index (κ1) is 19.9. The van der Waals surface area contributed by atoms with Gasteiger partial charge in [0.05, 0.1) is 30.0 Å². The normalized spacial score (nSPS) is 23.3. The molecule has 0 N–H and O–H groups in total. The SMILES string of the molecule is [C-]#[N+]c1cc(Cl)c2ncn(C[C@H]3CCC[C@]4(C3)CN(Cc3ccccc3)C(=O)O4)c2c1. The summed E-state index contributed by atoms with van der Waals surface area (Å²) >= 11 is 6.31. The molecule has 1 aliphatic heterocycles. The van der Waals surface area contributed by atoms with Crippen molar-refractivity contribution in [2.24, 2.45) is 5.92 Å². The number of carbonyl (C=O) groups is 1. The lowest BCUT2D eigenvalue weighted by molar-refractivity contribution is 0.00415. The molecular weight excluding hydrogens is 412 g/mol. The lowest BCUT2D eigenvalue weighted by atomic mass is 9.78. The van der Waals surface area contributed by atoms with Gasteiger partial charge < -0.3 is 9.30 Å². The van der Waals surface area contributed by atoms with E-state index in [4.69, 9.17) is 22.9 Å². The van der Waals surface area contributed by atoms with Crippen molar-refractivity contribution in [3.8, 4) is 0 Å². The van der Waals surface area contributed by atoms with Crippen LogP contribution in [0.1, 0.15) is 31.2 Å². The largest absolute Gasteiger partial charge is 0.441 e. The number of benzene rings is 2. The Bertz CT molecular complexity index is 1170. The van der Waals surface area contributed by atoms with Crippen LogP contribution in [0.25, 0.3) is 15.9 Å². The Balaban J connectivity index is 1.32. The number of hydrogen-bond acceptors (Lipinski definition) is 3. The predicted octanol–water partition coefficient (Wildman–Crippen LogP) is 5.82. The van der Waals surface area contributed by atoms with Crippen LogP contribution in [0.3, 0.4) is 0 Å². The highest BCUT2D eigenvalue weighted by Gasteiger charge is 2.47. The number of nitrogens with zero attached hydrogens (tertiary/aromatic N) is 4. The third-order valence-corrected chi connectivity index (χ3v) is 6.70. The third-order valence-electron chi connectivity index (χ3n) is 6.41. The summed E-state index contributed by atoms with van der Waals surface area (Å²) in [6, 6.07) is 13.5. The van der Waals surface area contributed by atoms with Gasteiger partial charge in [0.25, 0.3) is 0 Å². The number of rotatable bonds is 4. The smallest absolute Gasteiger partial charge is 0.410 e. The average molecular weight is 435 g/mol. The van der Waals surface area contributed by atoms with E-state index in [1.54, 1.807) is 12.4 Å². The molecule has 0 radical (unpaired) electrons. The van der Waals surface area contributed by atoms with E-state index in [1.807, 2.05) is 41.3 Å². The summed E-state index contributed by atoms with van der Waals surface area (Å²) < 4.78 is 8.05. The van der Waals surface area contributed by atoms with Crippen LogP contribution in [0.15, 0.2) is 48.8 Å². The number of carbonyl (C=O) groups excluding carboxylic acids is 1. The van der Waals surface area contributed by atoms with Crippen LogP contribution in [0.2, 0.25) is 5.02 Å². The number of ether oxygens (including phenoxy) is 1.